The predicted octanol–water partition coefficient (Wildman–Crippen LogP) is 3.29. The van der Waals surface area contributed by atoms with Crippen molar-refractivity contribution in [3.05, 3.63) is 58.9 Å². The third-order valence-corrected chi connectivity index (χ3v) is 4.93. The Labute approximate surface area is 173 Å². The van der Waals surface area contributed by atoms with Gasteiger partial charge >= 0.3 is 0 Å². The van der Waals surface area contributed by atoms with Gasteiger partial charge in [-0.2, -0.15) is 0 Å². The van der Waals surface area contributed by atoms with Crippen molar-refractivity contribution in [1.82, 2.24) is 10.2 Å². The molecular formula is C21H22ClFN2O4. The highest BCUT2D eigenvalue weighted by Gasteiger charge is 2.35. The van der Waals surface area contributed by atoms with E-state index < -0.39 is 6.04 Å². The third kappa shape index (κ3) is 5.17. The van der Waals surface area contributed by atoms with Crippen molar-refractivity contribution in [2.24, 2.45) is 0 Å². The summed E-state index contributed by atoms with van der Waals surface area (Å²) < 4.78 is 23.6. The highest BCUT2D eigenvalue weighted by Crippen LogP contribution is 2.27. The highest BCUT2D eigenvalue weighted by molar-refractivity contribution is 6.31. The number of carbonyl (C=O) groups is 2. The Morgan fingerprint density at radius 1 is 1.24 bits per heavy atom. The maximum Gasteiger partial charge on any atom is 0.258 e. The standard InChI is InChI=1S/C21H22ClFN2O4/c1-28-19-9-4-14(22)13-17(19)21(27)25-11-2-3-18(25)20(26)24-10-12-29-16-7-5-15(23)6-8-16/h4-9,13,18H,2-3,10-12H2,1H3,(H,24,26). The molecule has 1 N–H and O–H groups in total. The lowest BCUT2D eigenvalue weighted by Gasteiger charge is -2.25. The molecular weight excluding hydrogens is 399 g/mol. The van der Waals surface area contributed by atoms with E-state index in [4.69, 9.17) is 21.1 Å². The van der Waals surface area contributed by atoms with Crippen LogP contribution in [-0.4, -0.2) is 49.6 Å². The van der Waals surface area contributed by atoms with Crippen LogP contribution in [0.5, 0.6) is 11.5 Å². The molecule has 2 aromatic rings. The van der Waals surface area contributed by atoms with Crippen LogP contribution in [0.1, 0.15) is 23.2 Å². The molecule has 0 bridgehead atoms. The van der Waals surface area contributed by atoms with Gasteiger partial charge in [-0.15, -0.1) is 0 Å². The van der Waals surface area contributed by atoms with E-state index in [0.717, 1.165) is 6.42 Å². The topological polar surface area (TPSA) is 67.9 Å². The Hall–Kier alpha value is -2.80. The van der Waals surface area contributed by atoms with Crippen LogP contribution in [0.15, 0.2) is 42.5 Å². The number of halogens is 2. The van der Waals surface area contributed by atoms with E-state index in [1.165, 1.54) is 31.4 Å². The zero-order chi connectivity index (χ0) is 20.8. The molecule has 0 saturated carbocycles. The van der Waals surface area contributed by atoms with E-state index >= 15 is 0 Å². The Morgan fingerprint density at radius 2 is 2.00 bits per heavy atom. The minimum Gasteiger partial charge on any atom is -0.496 e. The van der Waals surface area contributed by atoms with Crippen molar-refractivity contribution in [3.63, 3.8) is 0 Å². The molecule has 3 rings (SSSR count). The first-order valence-electron chi connectivity index (χ1n) is 9.30. The quantitative estimate of drug-likeness (QED) is 0.698. The van der Waals surface area contributed by atoms with Crippen LogP contribution in [0.3, 0.4) is 0 Å². The Kier molecular flexibility index (Phi) is 6.93. The summed E-state index contributed by atoms with van der Waals surface area (Å²) in [6, 6.07) is 9.92. The number of nitrogens with zero attached hydrogens (tertiary/aromatic N) is 1. The number of nitrogens with one attached hydrogen (secondary N) is 1. The maximum atomic E-state index is 13.0. The van der Waals surface area contributed by atoms with Gasteiger partial charge in [0.05, 0.1) is 19.2 Å². The summed E-state index contributed by atoms with van der Waals surface area (Å²) in [4.78, 5) is 27.1. The van der Waals surface area contributed by atoms with Crippen LogP contribution in [0, 0.1) is 5.82 Å². The molecule has 1 saturated heterocycles. The molecule has 1 aliphatic rings. The van der Waals surface area contributed by atoms with Crippen molar-refractivity contribution < 1.29 is 23.5 Å². The molecule has 1 atom stereocenters. The molecule has 8 heteroatoms. The second-order valence-electron chi connectivity index (χ2n) is 6.59. The molecule has 0 aromatic heterocycles. The Balaban J connectivity index is 1.57. The number of carbonyl (C=O) groups excluding carboxylic acids is 2. The van der Waals surface area contributed by atoms with Crippen LogP contribution in [0.25, 0.3) is 0 Å². The average molecular weight is 421 g/mol. The van der Waals surface area contributed by atoms with Crippen LogP contribution < -0.4 is 14.8 Å². The van der Waals surface area contributed by atoms with E-state index in [1.807, 2.05) is 0 Å². The zero-order valence-electron chi connectivity index (χ0n) is 16.0. The van der Waals surface area contributed by atoms with E-state index in [-0.39, 0.29) is 30.8 Å². The van der Waals surface area contributed by atoms with E-state index in [0.29, 0.717) is 35.1 Å². The number of rotatable bonds is 7. The van der Waals surface area contributed by atoms with Crippen molar-refractivity contribution in [1.29, 1.82) is 0 Å². The minimum atomic E-state index is -0.558. The van der Waals surface area contributed by atoms with Gasteiger partial charge in [0.2, 0.25) is 5.91 Å². The monoisotopic (exact) mass is 420 g/mol. The van der Waals surface area contributed by atoms with Gasteiger partial charge in [-0.25, -0.2) is 4.39 Å². The minimum absolute atomic E-state index is 0.236. The lowest BCUT2D eigenvalue weighted by molar-refractivity contribution is -0.124. The van der Waals surface area contributed by atoms with Crippen molar-refractivity contribution in [3.8, 4) is 11.5 Å². The average Bonchev–Trinajstić information content (AvgIpc) is 3.22. The third-order valence-electron chi connectivity index (χ3n) is 4.69. The van der Waals surface area contributed by atoms with Gasteiger partial charge < -0.3 is 19.7 Å². The van der Waals surface area contributed by atoms with E-state index in [1.54, 1.807) is 23.1 Å². The van der Waals surface area contributed by atoms with Crippen LogP contribution in [0.4, 0.5) is 4.39 Å². The highest BCUT2D eigenvalue weighted by atomic mass is 35.5. The SMILES string of the molecule is COc1ccc(Cl)cc1C(=O)N1CCCC1C(=O)NCCOc1ccc(F)cc1. The Bertz CT molecular complexity index is 875. The fraction of sp³-hybridized carbons (Fsp3) is 0.333. The van der Waals surface area contributed by atoms with E-state index in [2.05, 4.69) is 5.32 Å². The van der Waals surface area contributed by atoms with Crippen molar-refractivity contribution in [2.45, 2.75) is 18.9 Å². The summed E-state index contributed by atoms with van der Waals surface area (Å²) in [5, 5.41) is 3.22. The van der Waals surface area contributed by atoms with Crippen molar-refractivity contribution in [2.75, 3.05) is 26.8 Å². The van der Waals surface area contributed by atoms with E-state index in [9.17, 15) is 14.0 Å². The first kappa shape index (κ1) is 20.9. The van der Waals surface area contributed by atoms with Crippen LogP contribution in [-0.2, 0) is 4.79 Å². The second-order valence-corrected chi connectivity index (χ2v) is 7.03. The molecule has 0 aliphatic carbocycles. The first-order valence-corrected chi connectivity index (χ1v) is 9.68. The van der Waals surface area contributed by atoms with Gasteiger partial charge in [0.1, 0.15) is 30.0 Å². The number of methoxy groups -OCH3 is 1. The molecule has 6 nitrogen and oxygen atoms in total. The molecule has 1 fully saturated rings. The molecule has 0 radical (unpaired) electrons. The van der Waals surface area contributed by atoms with Gasteiger partial charge in [-0.3, -0.25) is 9.59 Å². The molecule has 29 heavy (non-hydrogen) atoms. The largest absolute Gasteiger partial charge is 0.496 e. The van der Waals surface area contributed by atoms with Crippen LogP contribution >= 0.6 is 11.6 Å². The Morgan fingerprint density at radius 3 is 2.72 bits per heavy atom. The number of benzene rings is 2. The fourth-order valence-electron chi connectivity index (χ4n) is 3.28. The fourth-order valence-corrected chi connectivity index (χ4v) is 3.45. The smallest absolute Gasteiger partial charge is 0.258 e. The number of likely N-dealkylation sites (tertiary alicyclic amines) is 1. The van der Waals surface area contributed by atoms with Gasteiger partial charge in [0.25, 0.3) is 5.91 Å². The summed E-state index contributed by atoms with van der Waals surface area (Å²) in [6.07, 6.45) is 1.32. The molecule has 0 spiro atoms. The molecule has 2 aromatic carbocycles. The lowest BCUT2D eigenvalue weighted by Crippen LogP contribution is -2.46. The molecule has 1 unspecified atom stereocenters. The molecule has 154 valence electrons. The summed E-state index contributed by atoms with van der Waals surface area (Å²) in [7, 11) is 1.48. The number of hydrogen-bond donors (Lipinski definition) is 1. The summed E-state index contributed by atoms with van der Waals surface area (Å²) in [6.45, 7) is 0.994. The second kappa shape index (κ2) is 9.60. The van der Waals surface area contributed by atoms with Gasteiger partial charge in [-0.05, 0) is 55.3 Å². The number of hydrogen-bond acceptors (Lipinski definition) is 4. The summed E-state index contributed by atoms with van der Waals surface area (Å²) in [5.74, 6) is 0.0709. The first-order chi connectivity index (χ1) is 14.0. The summed E-state index contributed by atoms with van der Waals surface area (Å²) >= 11 is 6.03. The molecule has 1 aliphatic heterocycles. The van der Waals surface area contributed by atoms with Crippen LogP contribution in [0.2, 0.25) is 5.02 Å². The normalized spacial score (nSPS) is 15.8. The zero-order valence-corrected chi connectivity index (χ0v) is 16.7. The summed E-state index contributed by atoms with van der Waals surface area (Å²) in [5.41, 5.74) is 0.333. The lowest BCUT2D eigenvalue weighted by atomic mass is 10.1. The number of ether oxygens (including phenoxy) is 2. The predicted molar refractivity (Wildman–Crippen MR) is 107 cm³/mol. The maximum absolute atomic E-state index is 13.0. The van der Waals surface area contributed by atoms with Gasteiger partial charge in [0.15, 0.2) is 0 Å². The number of amides is 2. The molecule has 1 heterocycles. The van der Waals surface area contributed by atoms with Gasteiger partial charge in [-0.1, -0.05) is 11.6 Å². The van der Waals surface area contributed by atoms with Crippen molar-refractivity contribution >= 4 is 23.4 Å². The van der Waals surface area contributed by atoms with Gasteiger partial charge in [0, 0.05) is 11.6 Å². The molecule has 2 amide bonds.